The summed E-state index contributed by atoms with van der Waals surface area (Å²) in [5.41, 5.74) is 0.556. The zero-order chi connectivity index (χ0) is 16.0. The van der Waals surface area contributed by atoms with Crippen LogP contribution in [0.25, 0.3) is 0 Å². The number of esters is 1. The number of carbonyl (C=O) groups excluding carboxylic acids is 2. The molecule has 0 unspecified atom stereocenters. The van der Waals surface area contributed by atoms with Crippen molar-refractivity contribution in [3.05, 3.63) is 35.9 Å². The fourth-order valence-corrected chi connectivity index (χ4v) is 1.66. The lowest BCUT2D eigenvalue weighted by atomic mass is 10.1. The van der Waals surface area contributed by atoms with Crippen LogP contribution in [0, 0.1) is 0 Å². The summed E-state index contributed by atoms with van der Waals surface area (Å²) in [6.45, 7) is 1.47. The van der Waals surface area contributed by atoms with Gasteiger partial charge in [0.2, 0.25) is 0 Å². The molecule has 0 saturated carbocycles. The maximum Gasteiger partial charge on any atom is 0.472 e. The van der Waals surface area contributed by atoms with Crippen molar-refractivity contribution in [2.45, 2.75) is 25.6 Å². The van der Waals surface area contributed by atoms with Gasteiger partial charge in [0.25, 0.3) is 0 Å². The Labute approximate surface area is 119 Å². The lowest BCUT2D eigenvalue weighted by molar-refractivity contribution is -0.190. The smallest absolute Gasteiger partial charge is 0.464 e. The van der Waals surface area contributed by atoms with Crippen LogP contribution in [0.1, 0.15) is 12.5 Å². The molecule has 0 aliphatic carbocycles. The van der Waals surface area contributed by atoms with E-state index in [4.69, 9.17) is 5.84 Å². The second-order valence-electron chi connectivity index (χ2n) is 4.17. The summed E-state index contributed by atoms with van der Waals surface area (Å²) < 4.78 is 42.0. The van der Waals surface area contributed by atoms with Crippen molar-refractivity contribution in [3.8, 4) is 0 Å². The summed E-state index contributed by atoms with van der Waals surface area (Å²) in [5, 5.41) is -0.120. The van der Waals surface area contributed by atoms with Crippen LogP contribution in [-0.2, 0) is 20.7 Å². The highest BCUT2D eigenvalue weighted by molar-refractivity contribution is 5.87. The normalized spacial score (nSPS) is 12.6. The monoisotopic (exact) mass is 304 g/mol. The third-order valence-electron chi connectivity index (χ3n) is 2.64. The van der Waals surface area contributed by atoms with E-state index in [1.807, 2.05) is 0 Å². The number of halogens is 3. The lowest BCUT2D eigenvalue weighted by Crippen LogP contribution is -2.55. The molecule has 116 valence electrons. The number of amides is 1. The van der Waals surface area contributed by atoms with Crippen LogP contribution in [0.4, 0.5) is 13.2 Å². The molecule has 0 radical (unpaired) electrons. The Hall–Kier alpha value is -2.09. The zero-order valence-corrected chi connectivity index (χ0v) is 11.3. The molecule has 1 aromatic carbocycles. The standard InChI is InChI=1S/C13H15F3N2O3/c1-2-21-11(19)10(8-9-6-4-3-5-7-9)18(17)12(20)13(14,15)16/h3-7,10H,2,8,17H2,1H3/t10-/m0/s1. The maximum absolute atomic E-state index is 12.4. The Bertz CT molecular complexity index is 491. The van der Waals surface area contributed by atoms with Crippen LogP contribution in [0.15, 0.2) is 30.3 Å². The van der Waals surface area contributed by atoms with Crippen LogP contribution in [0.2, 0.25) is 0 Å². The fraction of sp³-hybridized carbons (Fsp3) is 0.385. The number of hydrogen-bond acceptors (Lipinski definition) is 4. The first-order valence-corrected chi connectivity index (χ1v) is 6.13. The molecule has 0 fully saturated rings. The van der Waals surface area contributed by atoms with E-state index in [9.17, 15) is 22.8 Å². The van der Waals surface area contributed by atoms with E-state index < -0.39 is 24.1 Å². The van der Waals surface area contributed by atoms with E-state index in [1.54, 1.807) is 30.3 Å². The number of carbonyl (C=O) groups is 2. The van der Waals surface area contributed by atoms with Gasteiger partial charge in [-0.25, -0.2) is 10.6 Å². The van der Waals surface area contributed by atoms with Gasteiger partial charge in [-0.15, -0.1) is 0 Å². The van der Waals surface area contributed by atoms with E-state index in [-0.39, 0.29) is 18.0 Å². The van der Waals surface area contributed by atoms with E-state index in [0.717, 1.165) is 0 Å². The van der Waals surface area contributed by atoms with E-state index in [0.29, 0.717) is 5.56 Å². The Morgan fingerprint density at radius 1 is 1.29 bits per heavy atom. The van der Waals surface area contributed by atoms with Crippen molar-refractivity contribution in [2.75, 3.05) is 6.61 Å². The number of rotatable bonds is 5. The zero-order valence-electron chi connectivity index (χ0n) is 11.3. The summed E-state index contributed by atoms with van der Waals surface area (Å²) in [6.07, 6.45) is -5.33. The minimum atomic E-state index is -5.16. The highest BCUT2D eigenvalue weighted by Crippen LogP contribution is 2.19. The summed E-state index contributed by atoms with van der Waals surface area (Å²) >= 11 is 0. The molecule has 0 aliphatic rings. The van der Waals surface area contributed by atoms with Gasteiger partial charge < -0.3 is 4.74 Å². The van der Waals surface area contributed by atoms with Crippen molar-refractivity contribution < 1.29 is 27.5 Å². The van der Waals surface area contributed by atoms with Crippen molar-refractivity contribution in [1.82, 2.24) is 5.01 Å². The summed E-state index contributed by atoms with van der Waals surface area (Å²) in [6, 6.07) is 6.70. The fourth-order valence-electron chi connectivity index (χ4n) is 1.66. The van der Waals surface area contributed by atoms with Crippen molar-refractivity contribution in [3.63, 3.8) is 0 Å². The highest BCUT2D eigenvalue weighted by atomic mass is 19.4. The minimum Gasteiger partial charge on any atom is -0.464 e. The molecule has 1 amide bonds. The van der Waals surface area contributed by atoms with Crippen molar-refractivity contribution in [2.24, 2.45) is 5.84 Å². The molecule has 0 aromatic heterocycles. The average Bonchev–Trinajstić information content (AvgIpc) is 2.43. The third-order valence-corrected chi connectivity index (χ3v) is 2.64. The molecule has 1 aromatic rings. The van der Waals surface area contributed by atoms with Crippen LogP contribution in [-0.4, -0.2) is 35.7 Å². The Morgan fingerprint density at radius 3 is 2.33 bits per heavy atom. The molecule has 2 N–H and O–H groups in total. The maximum atomic E-state index is 12.4. The molecule has 8 heteroatoms. The average molecular weight is 304 g/mol. The summed E-state index contributed by atoms with van der Waals surface area (Å²) in [5.74, 6) is 1.91. The van der Waals surface area contributed by atoms with Gasteiger partial charge in [-0.1, -0.05) is 30.3 Å². The van der Waals surface area contributed by atoms with E-state index >= 15 is 0 Å². The first-order chi connectivity index (χ1) is 9.77. The van der Waals surface area contributed by atoms with E-state index in [1.165, 1.54) is 6.92 Å². The number of alkyl halides is 3. The summed E-state index contributed by atoms with van der Waals surface area (Å²) in [4.78, 5) is 22.9. The molecule has 0 bridgehead atoms. The largest absolute Gasteiger partial charge is 0.472 e. The first-order valence-electron chi connectivity index (χ1n) is 6.13. The molecule has 1 rings (SSSR count). The van der Waals surface area contributed by atoms with Gasteiger partial charge in [-0.3, -0.25) is 9.80 Å². The first kappa shape index (κ1) is 17.0. The molecule has 5 nitrogen and oxygen atoms in total. The molecule has 1 atom stereocenters. The van der Waals surface area contributed by atoms with Gasteiger partial charge in [0.05, 0.1) is 6.61 Å². The van der Waals surface area contributed by atoms with Gasteiger partial charge >= 0.3 is 18.1 Å². The van der Waals surface area contributed by atoms with Crippen LogP contribution < -0.4 is 5.84 Å². The minimum absolute atomic E-state index is 0.0296. The van der Waals surface area contributed by atoms with Crippen LogP contribution >= 0.6 is 0 Å². The number of ether oxygens (including phenoxy) is 1. The quantitative estimate of drug-likeness (QED) is 0.386. The van der Waals surface area contributed by atoms with Crippen molar-refractivity contribution in [1.29, 1.82) is 0 Å². The number of nitrogens with two attached hydrogens (primary N) is 1. The van der Waals surface area contributed by atoms with Crippen LogP contribution in [0.5, 0.6) is 0 Å². The second kappa shape index (κ2) is 7.07. The predicted molar refractivity (Wildman–Crippen MR) is 67.7 cm³/mol. The Morgan fingerprint density at radius 2 is 1.86 bits per heavy atom. The number of hydrogen-bond donors (Lipinski definition) is 1. The summed E-state index contributed by atoms with van der Waals surface area (Å²) in [7, 11) is 0. The molecule has 21 heavy (non-hydrogen) atoms. The van der Waals surface area contributed by atoms with Crippen LogP contribution in [0.3, 0.4) is 0 Å². The van der Waals surface area contributed by atoms with Gasteiger partial charge in [-0.2, -0.15) is 13.2 Å². The number of hydrazine groups is 1. The highest BCUT2D eigenvalue weighted by Gasteiger charge is 2.45. The van der Waals surface area contributed by atoms with Gasteiger partial charge in [0.1, 0.15) is 6.04 Å². The van der Waals surface area contributed by atoms with Crippen molar-refractivity contribution >= 4 is 11.9 Å². The predicted octanol–water partition coefficient (Wildman–Crippen LogP) is 1.43. The molecular weight excluding hydrogens is 289 g/mol. The molecule has 0 heterocycles. The molecule has 0 saturated heterocycles. The topological polar surface area (TPSA) is 72.6 Å². The van der Waals surface area contributed by atoms with Gasteiger partial charge in [0, 0.05) is 6.42 Å². The molecule has 0 spiro atoms. The molecular formula is C13H15F3N2O3. The van der Waals surface area contributed by atoms with E-state index in [2.05, 4.69) is 4.74 Å². The number of nitrogens with zero attached hydrogens (tertiary/aromatic N) is 1. The second-order valence-corrected chi connectivity index (χ2v) is 4.17. The third kappa shape index (κ3) is 4.75. The molecule has 0 aliphatic heterocycles. The Kier molecular flexibility index (Phi) is 5.71. The van der Waals surface area contributed by atoms with Gasteiger partial charge in [0.15, 0.2) is 0 Å². The number of benzene rings is 1. The SMILES string of the molecule is CCOC(=O)[C@H](Cc1ccccc1)N(N)C(=O)C(F)(F)F. The lowest BCUT2D eigenvalue weighted by Gasteiger charge is -2.26. The Balaban J connectivity index is 2.97. The van der Waals surface area contributed by atoms with Gasteiger partial charge in [-0.05, 0) is 12.5 Å².